The Kier molecular flexibility index (Phi) is 11.4. The van der Waals surface area contributed by atoms with Crippen molar-refractivity contribution in [1.29, 1.82) is 0 Å². The molecule has 1 N–H and O–H groups in total. The molecule has 1 unspecified atom stereocenters. The molecule has 4 aromatic rings. The molecule has 49 heavy (non-hydrogen) atoms. The van der Waals surface area contributed by atoms with Gasteiger partial charge in [-0.2, -0.15) is 4.98 Å². The van der Waals surface area contributed by atoms with Gasteiger partial charge in [0.25, 0.3) is 5.56 Å². The topological polar surface area (TPSA) is 104 Å². The van der Waals surface area contributed by atoms with Crippen molar-refractivity contribution in [2.45, 2.75) is 43.5 Å². The molecule has 2 aromatic carbocycles. The molecule has 1 amide bonds. The fourth-order valence-corrected chi connectivity index (χ4v) is 8.61. The number of nitrogens with one attached hydrogen (secondary N) is 1. The number of nitrogens with zero attached hydrogens (tertiary/aromatic N) is 6. The number of benzene rings is 2. The van der Waals surface area contributed by atoms with E-state index in [0.29, 0.717) is 58.7 Å². The van der Waals surface area contributed by atoms with Crippen LogP contribution < -0.4 is 10.9 Å². The van der Waals surface area contributed by atoms with Gasteiger partial charge >= 0.3 is 0 Å². The number of hydrogen-bond donors (Lipinski definition) is 1. The molecule has 0 saturated carbocycles. The van der Waals surface area contributed by atoms with E-state index in [2.05, 4.69) is 34.4 Å². The summed E-state index contributed by atoms with van der Waals surface area (Å²) in [7, 11) is 4.68. The lowest BCUT2D eigenvalue weighted by Crippen LogP contribution is -2.35. The van der Waals surface area contributed by atoms with Crippen LogP contribution in [0.2, 0.25) is 10.0 Å². The minimum absolute atomic E-state index is 0.157. The SMILES string of the molecule is CN(C)CCS(=O)c1cc(Cl)c(-c2cc3cnc(Nc4ccc(CC5CCN(C)CC5)cc4)nc3n(CC(=O)N3CCCC3)c2=O)c(Cl)c1. The van der Waals surface area contributed by atoms with Crippen molar-refractivity contribution < 1.29 is 9.00 Å². The summed E-state index contributed by atoms with van der Waals surface area (Å²) in [5.74, 6) is 1.26. The Morgan fingerprint density at radius 1 is 1.02 bits per heavy atom. The molecule has 6 rings (SSSR count). The maximum atomic E-state index is 14.2. The maximum absolute atomic E-state index is 14.2. The monoisotopic (exact) mass is 723 g/mol. The first-order valence-corrected chi connectivity index (χ1v) is 18.9. The van der Waals surface area contributed by atoms with E-state index in [-0.39, 0.29) is 28.1 Å². The van der Waals surface area contributed by atoms with Crippen molar-refractivity contribution in [2.75, 3.05) is 64.9 Å². The molecule has 1 atom stereocenters. The van der Waals surface area contributed by atoms with Crippen molar-refractivity contribution in [3.05, 3.63) is 74.6 Å². The number of carbonyl (C=O) groups is 1. The standard InChI is InChI=1S/C36H43Cl2N7O3S/c1-42(2)16-17-49(48)28-20-30(37)33(31(38)21-28)29-19-26-22-39-36(41-34(26)45(35(29)47)23-32(46)44-12-4-5-13-44)40-27-8-6-24(7-9-27)18-25-10-14-43(3)15-11-25/h6-9,19-22,25H,4-5,10-18,23H2,1-3H3,(H,39,40,41). The molecule has 0 radical (unpaired) electrons. The molecule has 10 nitrogen and oxygen atoms in total. The molecule has 0 spiro atoms. The average molecular weight is 725 g/mol. The number of piperidine rings is 1. The minimum atomic E-state index is -1.33. The molecule has 0 bridgehead atoms. The van der Waals surface area contributed by atoms with E-state index in [1.165, 1.54) is 23.0 Å². The summed E-state index contributed by atoms with van der Waals surface area (Å²) in [6, 6.07) is 13.2. The van der Waals surface area contributed by atoms with Crippen molar-refractivity contribution in [2.24, 2.45) is 5.92 Å². The molecule has 13 heteroatoms. The summed E-state index contributed by atoms with van der Waals surface area (Å²) in [6.45, 7) is 4.05. The number of likely N-dealkylation sites (tertiary alicyclic amines) is 2. The first-order valence-electron chi connectivity index (χ1n) is 16.8. The fourth-order valence-electron chi connectivity index (χ4n) is 6.52. The largest absolute Gasteiger partial charge is 0.341 e. The van der Waals surface area contributed by atoms with Gasteiger partial charge in [0.05, 0.1) is 26.4 Å². The van der Waals surface area contributed by atoms with Gasteiger partial charge in [-0.15, -0.1) is 0 Å². The van der Waals surface area contributed by atoms with Gasteiger partial charge in [-0.25, -0.2) is 4.98 Å². The van der Waals surface area contributed by atoms with Crippen molar-refractivity contribution in [3.8, 4) is 11.1 Å². The number of anilines is 2. The fraction of sp³-hybridized carbons (Fsp3) is 0.444. The predicted molar refractivity (Wildman–Crippen MR) is 199 cm³/mol. The molecule has 0 aliphatic carbocycles. The summed E-state index contributed by atoms with van der Waals surface area (Å²) in [4.78, 5) is 43.5. The van der Waals surface area contributed by atoms with E-state index in [9.17, 15) is 13.8 Å². The van der Waals surface area contributed by atoms with Crippen LogP contribution in [0.1, 0.15) is 31.2 Å². The normalized spacial score (nSPS) is 16.5. The van der Waals surface area contributed by atoms with Crippen LogP contribution in [0.4, 0.5) is 11.6 Å². The summed E-state index contributed by atoms with van der Waals surface area (Å²) in [5, 5.41) is 4.23. The molecule has 2 aliphatic heterocycles. The molecule has 2 aromatic heterocycles. The van der Waals surface area contributed by atoms with Crippen LogP contribution >= 0.6 is 23.2 Å². The summed E-state index contributed by atoms with van der Waals surface area (Å²) in [5.41, 5.74) is 2.53. The summed E-state index contributed by atoms with van der Waals surface area (Å²) >= 11 is 13.5. The van der Waals surface area contributed by atoms with Crippen LogP contribution in [-0.4, -0.2) is 99.0 Å². The number of aromatic nitrogens is 3. The van der Waals surface area contributed by atoms with Gasteiger partial charge in [0.15, 0.2) is 0 Å². The second-order valence-corrected chi connectivity index (χ2v) is 15.8. The Labute approximate surface area is 299 Å². The zero-order valence-electron chi connectivity index (χ0n) is 28.3. The van der Waals surface area contributed by atoms with E-state index in [1.54, 1.807) is 29.3 Å². The number of hydrogen-bond acceptors (Lipinski definition) is 8. The number of amides is 1. The number of rotatable bonds is 11. The smallest absolute Gasteiger partial charge is 0.260 e. The highest BCUT2D eigenvalue weighted by Crippen LogP contribution is 2.36. The van der Waals surface area contributed by atoms with Crippen LogP contribution in [0.3, 0.4) is 0 Å². The second-order valence-electron chi connectivity index (χ2n) is 13.4. The Balaban J connectivity index is 1.32. The van der Waals surface area contributed by atoms with Gasteiger partial charge in [0.2, 0.25) is 11.9 Å². The van der Waals surface area contributed by atoms with E-state index < -0.39 is 16.4 Å². The van der Waals surface area contributed by atoms with Crippen LogP contribution in [-0.2, 0) is 28.6 Å². The molecule has 2 aliphatic rings. The van der Waals surface area contributed by atoms with Gasteiger partial charge in [0, 0.05) is 53.1 Å². The quantitative estimate of drug-likeness (QED) is 0.211. The van der Waals surface area contributed by atoms with Crippen LogP contribution in [0, 0.1) is 5.92 Å². The van der Waals surface area contributed by atoms with Crippen LogP contribution in [0.25, 0.3) is 22.2 Å². The van der Waals surface area contributed by atoms with Crippen molar-refractivity contribution >= 4 is 62.6 Å². The molecule has 4 heterocycles. The van der Waals surface area contributed by atoms with E-state index >= 15 is 0 Å². The maximum Gasteiger partial charge on any atom is 0.260 e. The Morgan fingerprint density at radius 3 is 2.35 bits per heavy atom. The predicted octanol–water partition coefficient (Wildman–Crippen LogP) is 5.68. The van der Waals surface area contributed by atoms with Gasteiger partial charge in [-0.3, -0.25) is 18.4 Å². The third-order valence-electron chi connectivity index (χ3n) is 9.42. The Morgan fingerprint density at radius 2 is 1.69 bits per heavy atom. The first kappa shape index (κ1) is 35.5. The number of fused-ring (bicyclic) bond motifs is 1. The summed E-state index contributed by atoms with van der Waals surface area (Å²) < 4.78 is 14.3. The molecule has 2 fully saturated rings. The number of carbonyl (C=O) groups excluding carboxylic acids is 1. The molecule has 2 saturated heterocycles. The number of pyridine rings is 1. The highest BCUT2D eigenvalue weighted by molar-refractivity contribution is 7.85. The number of halogens is 2. The third-order valence-corrected chi connectivity index (χ3v) is 11.3. The lowest BCUT2D eigenvalue weighted by atomic mass is 9.90. The second kappa shape index (κ2) is 15.7. The van der Waals surface area contributed by atoms with E-state index in [0.717, 1.165) is 38.0 Å². The highest BCUT2D eigenvalue weighted by Gasteiger charge is 2.24. The highest BCUT2D eigenvalue weighted by atomic mass is 35.5. The molecular weight excluding hydrogens is 681 g/mol. The summed E-state index contributed by atoms with van der Waals surface area (Å²) in [6.07, 6.45) is 6.99. The Hall–Kier alpha value is -3.35. The zero-order chi connectivity index (χ0) is 34.7. The molecule has 260 valence electrons. The average Bonchev–Trinajstić information content (AvgIpc) is 3.63. The lowest BCUT2D eigenvalue weighted by Gasteiger charge is -2.28. The van der Waals surface area contributed by atoms with E-state index in [4.69, 9.17) is 28.2 Å². The Bertz CT molecular complexity index is 1880. The van der Waals surface area contributed by atoms with E-state index in [1.807, 2.05) is 31.1 Å². The van der Waals surface area contributed by atoms with Crippen LogP contribution in [0.15, 0.2) is 58.4 Å². The zero-order valence-corrected chi connectivity index (χ0v) is 30.6. The minimum Gasteiger partial charge on any atom is -0.341 e. The van der Waals surface area contributed by atoms with Crippen LogP contribution in [0.5, 0.6) is 0 Å². The van der Waals surface area contributed by atoms with Gasteiger partial charge in [0.1, 0.15) is 12.2 Å². The van der Waals surface area contributed by atoms with Gasteiger partial charge in [-0.1, -0.05) is 35.3 Å². The van der Waals surface area contributed by atoms with Crippen molar-refractivity contribution in [3.63, 3.8) is 0 Å². The first-order chi connectivity index (χ1) is 23.5. The third kappa shape index (κ3) is 8.52. The lowest BCUT2D eigenvalue weighted by molar-refractivity contribution is -0.130. The van der Waals surface area contributed by atoms with Crippen molar-refractivity contribution in [1.82, 2.24) is 29.2 Å². The molecular formula is C36H43Cl2N7O3S. The van der Waals surface area contributed by atoms with Gasteiger partial charge < -0.3 is 20.0 Å². The van der Waals surface area contributed by atoms with Gasteiger partial charge in [-0.05, 0) is 108 Å².